The number of benzene rings is 2. The Bertz CT molecular complexity index is 877. The van der Waals surface area contributed by atoms with E-state index in [1.54, 1.807) is 36.4 Å². The Kier molecular flexibility index (Phi) is 6.27. The number of rotatable bonds is 5. The molecule has 0 radical (unpaired) electrons. The minimum atomic E-state index is -1.21. The van der Waals surface area contributed by atoms with E-state index in [9.17, 15) is 18.4 Å². The molecule has 1 N–H and O–H groups in total. The Balaban J connectivity index is 1.86. The maximum atomic E-state index is 15.0. The Morgan fingerprint density at radius 2 is 1.74 bits per heavy atom. The van der Waals surface area contributed by atoms with E-state index in [1.807, 2.05) is 0 Å². The molecule has 2 aromatic rings. The van der Waals surface area contributed by atoms with Crippen molar-refractivity contribution in [1.29, 1.82) is 0 Å². The first-order valence-corrected chi connectivity index (χ1v) is 9.99. The molecule has 0 spiro atoms. The third-order valence-electron chi connectivity index (χ3n) is 4.81. The molecule has 1 aliphatic carbocycles. The number of carbonyl (C=O) groups is 2. The Hall–Kier alpha value is -1.79. The highest BCUT2D eigenvalue weighted by molar-refractivity contribution is 9.09. The minimum Gasteiger partial charge on any atom is -0.323 e. The van der Waals surface area contributed by atoms with Crippen molar-refractivity contribution in [3.8, 4) is 11.1 Å². The lowest BCUT2D eigenvalue weighted by Crippen LogP contribution is -2.31. The fraction of sp³-hybridized carbons (Fsp3) is 0.300. The van der Waals surface area contributed by atoms with Crippen LogP contribution in [0.4, 0.5) is 14.5 Å². The number of anilines is 1. The van der Waals surface area contributed by atoms with Crippen molar-refractivity contribution in [2.75, 3.05) is 10.6 Å². The van der Waals surface area contributed by atoms with Crippen LogP contribution in [0.15, 0.2) is 42.5 Å². The lowest BCUT2D eigenvalue weighted by molar-refractivity contribution is -0.128. The number of Topliss-reactive ketones (excluding diaryl/α,β-unsaturated/α-hetero) is 1. The summed E-state index contributed by atoms with van der Waals surface area (Å²) >= 11 is 9.21. The van der Waals surface area contributed by atoms with E-state index in [4.69, 9.17) is 11.6 Å². The summed E-state index contributed by atoms with van der Waals surface area (Å²) in [6.07, 6.45) is -1.24. The molecular formula is C20H17BrClF2NO2. The summed E-state index contributed by atoms with van der Waals surface area (Å²) < 4.78 is 28.8. The molecule has 0 heterocycles. The molecular weight excluding hydrogens is 440 g/mol. The molecule has 2 aromatic carbocycles. The number of amides is 1. The van der Waals surface area contributed by atoms with Crippen LogP contribution in [0.3, 0.4) is 0 Å². The highest BCUT2D eigenvalue weighted by Crippen LogP contribution is 2.37. The van der Waals surface area contributed by atoms with Crippen molar-refractivity contribution in [2.24, 2.45) is 11.8 Å². The lowest BCUT2D eigenvalue weighted by atomic mass is 9.91. The van der Waals surface area contributed by atoms with Gasteiger partial charge in [-0.1, -0.05) is 57.9 Å². The first-order valence-electron chi connectivity index (χ1n) is 8.49. The van der Waals surface area contributed by atoms with Crippen molar-refractivity contribution >= 4 is 44.9 Å². The molecule has 142 valence electrons. The average molecular weight is 457 g/mol. The second-order valence-electron chi connectivity index (χ2n) is 6.52. The second kappa shape index (κ2) is 8.48. The summed E-state index contributed by atoms with van der Waals surface area (Å²) in [5, 5.41) is 2.97. The van der Waals surface area contributed by atoms with Crippen LogP contribution in [-0.4, -0.2) is 23.2 Å². The number of hydrogen-bond donors (Lipinski definition) is 1. The Labute approximate surface area is 169 Å². The largest absolute Gasteiger partial charge is 0.323 e. The van der Waals surface area contributed by atoms with Gasteiger partial charge in [0.2, 0.25) is 5.91 Å². The maximum Gasteiger partial charge on any atom is 0.228 e. The fourth-order valence-corrected chi connectivity index (χ4v) is 4.12. The molecule has 1 fully saturated rings. The fourth-order valence-electron chi connectivity index (χ4n) is 3.46. The molecule has 3 atom stereocenters. The summed E-state index contributed by atoms with van der Waals surface area (Å²) in [7, 11) is 0. The second-order valence-corrected chi connectivity index (χ2v) is 7.49. The summed E-state index contributed by atoms with van der Waals surface area (Å²) in [4.78, 5) is 24.6. The topological polar surface area (TPSA) is 46.2 Å². The van der Waals surface area contributed by atoms with Crippen LogP contribution in [0.1, 0.15) is 12.8 Å². The van der Waals surface area contributed by atoms with Gasteiger partial charge in [-0.3, -0.25) is 9.59 Å². The molecule has 0 saturated heterocycles. The first kappa shape index (κ1) is 20.0. The number of halogens is 4. The molecule has 27 heavy (non-hydrogen) atoms. The highest BCUT2D eigenvalue weighted by Gasteiger charge is 2.42. The van der Waals surface area contributed by atoms with Crippen molar-refractivity contribution < 1.29 is 18.4 Å². The Morgan fingerprint density at radius 3 is 2.44 bits per heavy atom. The smallest absolute Gasteiger partial charge is 0.228 e. The van der Waals surface area contributed by atoms with Crippen LogP contribution in [0.2, 0.25) is 5.02 Å². The van der Waals surface area contributed by atoms with E-state index < -0.39 is 29.7 Å². The molecule has 0 bridgehead atoms. The van der Waals surface area contributed by atoms with Crippen LogP contribution < -0.4 is 5.32 Å². The predicted octanol–water partition coefficient (Wildman–Crippen LogP) is 5.41. The van der Waals surface area contributed by atoms with Crippen LogP contribution in [0.5, 0.6) is 0 Å². The van der Waals surface area contributed by atoms with E-state index in [2.05, 4.69) is 21.2 Å². The number of hydrogen-bond acceptors (Lipinski definition) is 2. The monoisotopic (exact) mass is 455 g/mol. The van der Waals surface area contributed by atoms with E-state index in [0.29, 0.717) is 10.6 Å². The SMILES string of the molecule is O=C(CBr)[C@@H]1C[C@H](F)C[C@H]1C(=O)Nc1cccc(-c2ccccc2Cl)c1F. The molecule has 1 aliphatic rings. The molecule has 7 heteroatoms. The standard InChI is InChI=1S/C20H17BrClF2NO2/c21-10-18(26)14-8-11(23)9-15(14)20(27)25-17-7-3-5-13(19(17)24)12-4-1-2-6-16(12)22/h1-7,11,14-15H,8-10H2,(H,25,27)/t11-,14+,15+/m0/s1. The lowest BCUT2D eigenvalue weighted by Gasteiger charge is -2.18. The van der Waals surface area contributed by atoms with Crippen molar-refractivity contribution in [2.45, 2.75) is 19.0 Å². The van der Waals surface area contributed by atoms with Gasteiger partial charge in [0, 0.05) is 22.1 Å². The van der Waals surface area contributed by atoms with E-state index in [0.717, 1.165) is 0 Å². The average Bonchev–Trinajstić information content (AvgIpc) is 3.05. The molecule has 0 aromatic heterocycles. The number of carbonyl (C=O) groups excluding carboxylic acids is 2. The molecule has 3 rings (SSSR count). The van der Waals surface area contributed by atoms with E-state index >= 15 is 0 Å². The van der Waals surface area contributed by atoms with Gasteiger partial charge in [-0.25, -0.2) is 8.78 Å². The quantitative estimate of drug-likeness (QED) is 0.611. The van der Waals surface area contributed by atoms with Gasteiger partial charge in [-0.2, -0.15) is 0 Å². The van der Waals surface area contributed by atoms with Crippen LogP contribution in [0.25, 0.3) is 11.1 Å². The third kappa shape index (κ3) is 4.22. The zero-order valence-electron chi connectivity index (χ0n) is 14.2. The number of ketones is 1. The Morgan fingerprint density at radius 1 is 1.07 bits per heavy atom. The first-order chi connectivity index (χ1) is 12.9. The summed E-state index contributed by atoms with van der Waals surface area (Å²) in [6, 6.07) is 11.4. The number of alkyl halides is 2. The predicted molar refractivity (Wildman–Crippen MR) is 105 cm³/mol. The van der Waals surface area contributed by atoms with Crippen molar-refractivity contribution in [3.63, 3.8) is 0 Å². The molecule has 0 unspecified atom stereocenters. The zero-order chi connectivity index (χ0) is 19.6. The summed E-state index contributed by atoms with van der Waals surface area (Å²) in [5.74, 6) is -2.91. The van der Waals surface area contributed by atoms with Crippen LogP contribution >= 0.6 is 27.5 Å². The van der Waals surface area contributed by atoms with Gasteiger partial charge in [0.05, 0.1) is 16.9 Å². The van der Waals surface area contributed by atoms with Crippen molar-refractivity contribution in [3.05, 3.63) is 53.3 Å². The van der Waals surface area contributed by atoms with Gasteiger partial charge in [0.15, 0.2) is 5.82 Å². The minimum absolute atomic E-state index is 0.0185. The van der Waals surface area contributed by atoms with E-state index in [1.165, 1.54) is 6.07 Å². The van der Waals surface area contributed by atoms with Crippen molar-refractivity contribution in [1.82, 2.24) is 0 Å². The van der Waals surface area contributed by atoms with Gasteiger partial charge < -0.3 is 5.32 Å². The molecule has 1 amide bonds. The summed E-state index contributed by atoms with van der Waals surface area (Å²) in [6.45, 7) is 0. The van der Waals surface area contributed by atoms with Crippen LogP contribution in [-0.2, 0) is 9.59 Å². The molecule has 1 saturated carbocycles. The number of nitrogens with one attached hydrogen (secondary N) is 1. The van der Waals surface area contributed by atoms with Gasteiger partial charge >= 0.3 is 0 Å². The van der Waals surface area contributed by atoms with Gasteiger partial charge in [0.1, 0.15) is 12.0 Å². The maximum absolute atomic E-state index is 15.0. The summed E-state index contributed by atoms with van der Waals surface area (Å²) in [5.41, 5.74) is 0.732. The highest BCUT2D eigenvalue weighted by atomic mass is 79.9. The van der Waals surface area contributed by atoms with Crippen LogP contribution in [0, 0.1) is 17.7 Å². The third-order valence-corrected chi connectivity index (χ3v) is 5.69. The van der Waals surface area contributed by atoms with E-state index in [-0.39, 0.29) is 35.2 Å². The van der Waals surface area contributed by atoms with Gasteiger partial charge in [-0.15, -0.1) is 0 Å². The molecule has 3 nitrogen and oxygen atoms in total. The zero-order valence-corrected chi connectivity index (χ0v) is 16.6. The van der Waals surface area contributed by atoms with Gasteiger partial charge in [-0.05, 0) is 25.0 Å². The van der Waals surface area contributed by atoms with Gasteiger partial charge in [0.25, 0.3) is 0 Å². The molecule has 0 aliphatic heterocycles. The normalized spacial score (nSPS) is 21.9.